The maximum absolute atomic E-state index is 12.6. The Labute approximate surface area is 151 Å². The first-order valence-corrected chi connectivity index (χ1v) is 8.32. The van der Waals surface area contributed by atoms with Gasteiger partial charge in [0.25, 0.3) is 0 Å². The Morgan fingerprint density at radius 2 is 1.71 bits per heavy atom. The van der Waals surface area contributed by atoms with Crippen LogP contribution in [-0.4, -0.2) is 37.9 Å². The third-order valence-corrected chi connectivity index (χ3v) is 3.73. The summed E-state index contributed by atoms with van der Waals surface area (Å²) in [6.45, 7) is 5.73. The van der Waals surface area contributed by atoms with Gasteiger partial charge < -0.3 is 14.2 Å². The van der Waals surface area contributed by atoms with Crippen molar-refractivity contribution in [3.63, 3.8) is 0 Å². The highest BCUT2D eigenvalue weighted by Crippen LogP contribution is 2.28. The van der Waals surface area contributed by atoms with Gasteiger partial charge in [-0.1, -0.05) is 35.3 Å². The second-order valence-corrected chi connectivity index (χ2v) is 5.31. The van der Waals surface area contributed by atoms with Crippen LogP contribution in [0.4, 0.5) is 0 Å². The summed E-state index contributed by atoms with van der Waals surface area (Å²) in [5.74, 6) is -1.41. The molecular formula is C17H20Cl2O5. The maximum atomic E-state index is 12.6. The van der Waals surface area contributed by atoms with Crippen molar-refractivity contribution >= 4 is 41.0 Å². The first kappa shape index (κ1) is 20.6. The van der Waals surface area contributed by atoms with Gasteiger partial charge in [0, 0.05) is 13.2 Å². The Morgan fingerprint density at radius 1 is 1.08 bits per heavy atom. The Morgan fingerprint density at radius 3 is 2.25 bits per heavy atom. The molecule has 0 aliphatic rings. The topological polar surface area (TPSA) is 61.8 Å². The fourth-order valence-electron chi connectivity index (χ4n) is 1.86. The standard InChI is InChI=1S/C17H20Cl2O5/c1-4-22-16(21)12(15(20)17(23-5-2)24-6-3)10-11-8-7-9-13(18)14(11)19/h7-10,17H,4-6H2,1-3H3. The average molecular weight is 375 g/mol. The minimum absolute atomic E-state index is 0.126. The van der Waals surface area contributed by atoms with E-state index in [0.29, 0.717) is 10.6 Å². The van der Waals surface area contributed by atoms with Gasteiger partial charge in [0.1, 0.15) is 5.57 Å². The van der Waals surface area contributed by atoms with E-state index in [-0.39, 0.29) is 30.4 Å². The zero-order valence-corrected chi connectivity index (χ0v) is 15.3. The van der Waals surface area contributed by atoms with Crippen LogP contribution in [0, 0.1) is 0 Å². The second-order valence-electron chi connectivity index (χ2n) is 4.53. The molecule has 0 fully saturated rings. The van der Waals surface area contributed by atoms with E-state index in [1.54, 1.807) is 39.0 Å². The number of benzene rings is 1. The van der Waals surface area contributed by atoms with Crippen molar-refractivity contribution in [3.05, 3.63) is 39.4 Å². The first-order valence-electron chi connectivity index (χ1n) is 7.56. The predicted molar refractivity (Wildman–Crippen MR) is 93.1 cm³/mol. The molecule has 0 spiro atoms. The van der Waals surface area contributed by atoms with Crippen molar-refractivity contribution in [2.75, 3.05) is 19.8 Å². The van der Waals surface area contributed by atoms with Gasteiger partial charge in [-0.15, -0.1) is 0 Å². The largest absolute Gasteiger partial charge is 0.462 e. The lowest BCUT2D eigenvalue weighted by Crippen LogP contribution is -2.32. The average Bonchev–Trinajstić information content (AvgIpc) is 2.55. The molecule has 0 saturated carbocycles. The van der Waals surface area contributed by atoms with E-state index in [2.05, 4.69) is 0 Å². The molecule has 1 rings (SSSR count). The Balaban J connectivity index is 3.29. The molecule has 1 aromatic carbocycles. The number of hydrogen-bond acceptors (Lipinski definition) is 5. The number of carbonyl (C=O) groups is 2. The highest BCUT2D eigenvalue weighted by molar-refractivity contribution is 6.43. The number of halogens is 2. The van der Waals surface area contributed by atoms with Crippen molar-refractivity contribution in [2.24, 2.45) is 0 Å². The van der Waals surface area contributed by atoms with Gasteiger partial charge in [0.2, 0.25) is 12.1 Å². The van der Waals surface area contributed by atoms with Crippen LogP contribution in [0.1, 0.15) is 26.3 Å². The van der Waals surface area contributed by atoms with Crippen molar-refractivity contribution in [1.29, 1.82) is 0 Å². The summed E-state index contributed by atoms with van der Waals surface area (Å²) < 4.78 is 15.5. The van der Waals surface area contributed by atoms with Crippen LogP contribution in [0.5, 0.6) is 0 Å². The molecule has 7 heteroatoms. The van der Waals surface area contributed by atoms with Crippen molar-refractivity contribution in [2.45, 2.75) is 27.1 Å². The van der Waals surface area contributed by atoms with Crippen LogP contribution in [0.3, 0.4) is 0 Å². The number of Topliss-reactive ketones (excluding diaryl/α,β-unsaturated/α-hetero) is 1. The third-order valence-electron chi connectivity index (χ3n) is 2.89. The second kappa shape index (κ2) is 10.5. The molecule has 0 unspecified atom stereocenters. The van der Waals surface area contributed by atoms with E-state index in [9.17, 15) is 9.59 Å². The molecule has 0 aromatic heterocycles. The molecule has 1 aromatic rings. The molecule has 0 amide bonds. The molecule has 0 atom stereocenters. The molecular weight excluding hydrogens is 355 g/mol. The predicted octanol–water partition coefficient (Wildman–Crippen LogP) is 3.91. The van der Waals surface area contributed by atoms with Gasteiger partial charge in [0.15, 0.2) is 0 Å². The molecule has 24 heavy (non-hydrogen) atoms. The monoisotopic (exact) mass is 374 g/mol. The highest BCUT2D eigenvalue weighted by Gasteiger charge is 2.29. The number of ether oxygens (including phenoxy) is 3. The molecule has 132 valence electrons. The normalized spacial score (nSPS) is 11.7. The minimum Gasteiger partial charge on any atom is -0.462 e. The Bertz CT molecular complexity index is 607. The number of esters is 1. The van der Waals surface area contributed by atoms with Gasteiger partial charge in [-0.3, -0.25) is 4.79 Å². The molecule has 0 heterocycles. The van der Waals surface area contributed by atoms with Crippen LogP contribution in [0.25, 0.3) is 6.08 Å². The molecule has 0 N–H and O–H groups in total. The zero-order valence-electron chi connectivity index (χ0n) is 13.8. The van der Waals surface area contributed by atoms with E-state index in [0.717, 1.165) is 0 Å². The quantitative estimate of drug-likeness (QED) is 0.215. The van der Waals surface area contributed by atoms with Gasteiger partial charge in [0.05, 0.1) is 16.7 Å². The fraction of sp³-hybridized carbons (Fsp3) is 0.412. The lowest BCUT2D eigenvalue weighted by atomic mass is 10.1. The van der Waals surface area contributed by atoms with Crippen LogP contribution in [0.2, 0.25) is 10.0 Å². The van der Waals surface area contributed by atoms with Crippen molar-refractivity contribution in [1.82, 2.24) is 0 Å². The van der Waals surface area contributed by atoms with E-state index >= 15 is 0 Å². The number of rotatable bonds is 9. The number of hydrogen-bond donors (Lipinski definition) is 0. The summed E-state index contributed by atoms with van der Waals surface area (Å²) in [4.78, 5) is 24.8. The summed E-state index contributed by atoms with van der Waals surface area (Å²) in [5.41, 5.74) is 0.209. The van der Waals surface area contributed by atoms with Crippen LogP contribution < -0.4 is 0 Å². The SMILES string of the molecule is CCOC(=O)C(=Cc1cccc(Cl)c1Cl)C(=O)C(OCC)OCC. The van der Waals surface area contributed by atoms with E-state index < -0.39 is 18.0 Å². The first-order chi connectivity index (χ1) is 11.5. The molecule has 5 nitrogen and oxygen atoms in total. The van der Waals surface area contributed by atoms with Gasteiger partial charge in [-0.05, 0) is 38.5 Å². The van der Waals surface area contributed by atoms with E-state index in [1.165, 1.54) is 6.08 Å². The summed E-state index contributed by atoms with van der Waals surface area (Å²) in [6.07, 6.45) is 0.146. The van der Waals surface area contributed by atoms with Crippen LogP contribution >= 0.6 is 23.2 Å². The van der Waals surface area contributed by atoms with E-state index in [4.69, 9.17) is 37.4 Å². The number of carbonyl (C=O) groups excluding carboxylic acids is 2. The molecule has 0 radical (unpaired) electrons. The smallest absolute Gasteiger partial charge is 0.341 e. The summed E-state index contributed by atoms with van der Waals surface area (Å²) in [6, 6.07) is 4.91. The summed E-state index contributed by atoms with van der Waals surface area (Å²) in [7, 11) is 0. The highest BCUT2D eigenvalue weighted by atomic mass is 35.5. The van der Waals surface area contributed by atoms with Crippen molar-refractivity contribution < 1.29 is 23.8 Å². The van der Waals surface area contributed by atoms with Crippen molar-refractivity contribution in [3.8, 4) is 0 Å². The van der Waals surface area contributed by atoms with Gasteiger partial charge >= 0.3 is 5.97 Å². The third kappa shape index (κ3) is 5.60. The van der Waals surface area contributed by atoms with Crippen LogP contribution in [-0.2, 0) is 23.8 Å². The molecule has 0 aliphatic carbocycles. The summed E-state index contributed by atoms with van der Waals surface area (Å²) in [5, 5.41) is 0.547. The lowest BCUT2D eigenvalue weighted by Gasteiger charge is -2.17. The molecule has 0 aliphatic heterocycles. The van der Waals surface area contributed by atoms with Gasteiger partial charge in [-0.2, -0.15) is 0 Å². The van der Waals surface area contributed by atoms with Crippen LogP contribution in [0.15, 0.2) is 23.8 Å². The zero-order chi connectivity index (χ0) is 18.1. The van der Waals surface area contributed by atoms with E-state index in [1.807, 2.05) is 0 Å². The summed E-state index contributed by atoms with van der Waals surface area (Å²) >= 11 is 12.1. The molecule has 0 saturated heterocycles. The lowest BCUT2D eigenvalue weighted by molar-refractivity contribution is -0.165. The molecule has 0 bridgehead atoms. The fourth-order valence-corrected chi connectivity index (χ4v) is 2.22. The maximum Gasteiger partial charge on any atom is 0.341 e. The number of ketones is 1. The van der Waals surface area contributed by atoms with Gasteiger partial charge in [-0.25, -0.2) is 4.79 Å². The minimum atomic E-state index is -1.19. The Hall–Kier alpha value is -1.40. The Kier molecular flexibility index (Phi) is 9.00.